The molecule has 4 nitrogen and oxygen atoms in total. The predicted octanol–water partition coefficient (Wildman–Crippen LogP) is 2.78. The molecule has 1 amide bonds. The van der Waals surface area contributed by atoms with Gasteiger partial charge in [-0.2, -0.15) is 0 Å². The molecule has 0 aliphatic heterocycles. The van der Waals surface area contributed by atoms with Crippen molar-refractivity contribution in [1.82, 2.24) is 5.32 Å². The second-order valence-electron chi connectivity index (χ2n) is 5.78. The van der Waals surface area contributed by atoms with Crippen molar-refractivity contribution in [2.45, 2.75) is 33.6 Å². The summed E-state index contributed by atoms with van der Waals surface area (Å²) >= 11 is 0. The lowest BCUT2D eigenvalue weighted by Gasteiger charge is -2.15. The molecule has 1 aliphatic carbocycles. The number of aryl methyl sites for hydroxylation is 2. The molecule has 108 valence electrons. The Hall–Kier alpha value is -1.84. The molecule has 0 bridgehead atoms. The third-order valence-corrected chi connectivity index (χ3v) is 4.07. The number of carboxylic acid groups (broad SMARTS) is 1. The summed E-state index contributed by atoms with van der Waals surface area (Å²) in [5.41, 5.74) is 1.72. The minimum absolute atomic E-state index is 0.113. The maximum Gasteiger partial charge on any atom is 0.336 e. The molecule has 1 unspecified atom stereocenters. The third kappa shape index (κ3) is 3.00. The van der Waals surface area contributed by atoms with Crippen LogP contribution in [0.1, 0.15) is 51.6 Å². The maximum absolute atomic E-state index is 12.3. The van der Waals surface area contributed by atoms with Gasteiger partial charge in [0.15, 0.2) is 0 Å². The van der Waals surface area contributed by atoms with Crippen LogP contribution in [0.15, 0.2) is 12.1 Å². The molecule has 1 fully saturated rings. The van der Waals surface area contributed by atoms with E-state index in [0.29, 0.717) is 35.1 Å². The molecule has 4 heteroatoms. The van der Waals surface area contributed by atoms with E-state index in [4.69, 9.17) is 0 Å². The van der Waals surface area contributed by atoms with Gasteiger partial charge in [-0.25, -0.2) is 4.79 Å². The van der Waals surface area contributed by atoms with E-state index in [0.717, 1.165) is 0 Å². The van der Waals surface area contributed by atoms with Gasteiger partial charge in [-0.05, 0) is 49.7 Å². The summed E-state index contributed by atoms with van der Waals surface area (Å²) in [6.45, 7) is 6.21. The molecular weight excluding hydrogens is 254 g/mol. The fourth-order valence-corrected chi connectivity index (χ4v) is 2.55. The van der Waals surface area contributed by atoms with Gasteiger partial charge in [0.25, 0.3) is 5.91 Å². The fraction of sp³-hybridized carbons (Fsp3) is 0.500. The lowest BCUT2D eigenvalue weighted by Crippen LogP contribution is -2.31. The Morgan fingerprint density at radius 3 is 2.30 bits per heavy atom. The second-order valence-corrected chi connectivity index (χ2v) is 5.78. The van der Waals surface area contributed by atoms with Crippen molar-refractivity contribution >= 4 is 11.9 Å². The molecule has 2 rings (SSSR count). The lowest BCUT2D eigenvalue weighted by atomic mass is 9.96. The highest BCUT2D eigenvalue weighted by Gasteiger charge is 2.28. The maximum atomic E-state index is 12.3. The molecule has 1 atom stereocenters. The first kappa shape index (κ1) is 14.6. The molecule has 1 saturated carbocycles. The van der Waals surface area contributed by atoms with E-state index in [1.807, 2.05) is 0 Å². The van der Waals surface area contributed by atoms with Gasteiger partial charge in [0.05, 0.1) is 11.1 Å². The number of nitrogens with one attached hydrogen (secondary N) is 1. The summed E-state index contributed by atoms with van der Waals surface area (Å²) in [7, 11) is 0. The summed E-state index contributed by atoms with van der Waals surface area (Å²) in [6, 6.07) is 3.53. The minimum atomic E-state index is -1.05. The average Bonchev–Trinajstić information content (AvgIpc) is 3.21. The van der Waals surface area contributed by atoms with Crippen molar-refractivity contribution < 1.29 is 14.7 Å². The van der Waals surface area contributed by atoms with E-state index < -0.39 is 5.97 Å². The SMILES string of the molecule is Cc1ccc(C)c(C(=O)NCC(C)C2CC2)c1C(=O)O. The van der Waals surface area contributed by atoms with Crippen LogP contribution in [0.3, 0.4) is 0 Å². The van der Waals surface area contributed by atoms with Crippen molar-refractivity contribution in [3.63, 3.8) is 0 Å². The minimum Gasteiger partial charge on any atom is -0.478 e. The largest absolute Gasteiger partial charge is 0.478 e. The number of hydrogen-bond acceptors (Lipinski definition) is 2. The van der Waals surface area contributed by atoms with E-state index >= 15 is 0 Å². The monoisotopic (exact) mass is 275 g/mol. The topological polar surface area (TPSA) is 66.4 Å². The summed E-state index contributed by atoms with van der Waals surface area (Å²) < 4.78 is 0. The lowest BCUT2D eigenvalue weighted by molar-refractivity contribution is 0.0690. The highest BCUT2D eigenvalue weighted by Crippen LogP contribution is 2.36. The van der Waals surface area contributed by atoms with Gasteiger partial charge in [0.2, 0.25) is 0 Å². The number of carbonyl (C=O) groups excluding carboxylic acids is 1. The third-order valence-electron chi connectivity index (χ3n) is 4.07. The molecule has 1 aliphatic rings. The Balaban J connectivity index is 2.19. The predicted molar refractivity (Wildman–Crippen MR) is 77.1 cm³/mol. The number of carbonyl (C=O) groups is 2. The average molecular weight is 275 g/mol. The van der Waals surface area contributed by atoms with Gasteiger partial charge in [-0.1, -0.05) is 19.1 Å². The Morgan fingerprint density at radius 2 is 1.80 bits per heavy atom. The van der Waals surface area contributed by atoms with Crippen molar-refractivity contribution in [1.29, 1.82) is 0 Å². The van der Waals surface area contributed by atoms with Crippen molar-refractivity contribution in [2.75, 3.05) is 6.54 Å². The Labute approximate surface area is 119 Å². The standard InChI is InChI=1S/C16H21NO3/c1-9-4-5-10(2)14(16(19)20)13(9)15(18)17-8-11(3)12-6-7-12/h4-5,11-12H,6-8H2,1-3H3,(H,17,18)(H,19,20). The Morgan fingerprint density at radius 1 is 1.25 bits per heavy atom. The number of benzene rings is 1. The normalized spacial score (nSPS) is 15.8. The fourth-order valence-electron chi connectivity index (χ4n) is 2.55. The van der Waals surface area contributed by atoms with Crippen LogP contribution in [0, 0.1) is 25.7 Å². The molecule has 1 aromatic carbocycles. The second kappa shape index (κ2) is 5.65. The van der Waals surface area contributed by atoms with E-state index in [1.165, 1.54) is 12.8 Å². The highest BCUT2D eigenvalue weighted by molar-refractivity contribution is 6.06. The van der Waals surface area contributed by atoms with Gasteiger partial charge in [0, 0.05) is 6.54 Å². The van der Waals surface area contributed by atoms with Gasteiger partial charge in [-0.15, -0.1) is 0 Å². The number of amides is 1. The zero-order valence-electron chi connectivity index (χ0n) is 12.2. The van der Waals surface area contributed by atoms with Gasteiger partial charge >= 0.3 is 5.97 Å². The molecule has 1 aromatic rings. The zero-order chi connectivity index (χ0) is 14.9. The van der Waals surface area contributed by atoms with Crippen LogP contribution in [0.25, 0.3) is 0 Å². The molecule has 0 heterocycles. The Bertz CT molecular complexity index is 547. The molecule has 0 spiro atoms. The molecule has 0 radical (unpaired) electrons. The van der Waals surface area contributed by atoms with Crippen LogP contribution in [-0.2, 0) is 0 Å². The smallest absolute Gasteiger partial charge is 0.336 e. The summed E-state index contributed by atoms with van der Waals surface area (Å²) in [5.74, 6) is -0.159. The molecule has 2 N–H and O–H groups in total. The van der Waals surface area contributed by atoms with Gasteiger partial charge in [-0.3, -0.25) is 4.79 Å². The van der Waals surface area contributed by atoms with Crippen LogP contribution in [0.2, 0.25) is 0 Å². The first-order valence-electron chi connectivity index (χ1n) is 7.03. The summed E-state index contributed by atoms with van der Waals surface area (Å²) in [4.78, 5) is 23.7. The van der Waals surface area contributed by atoms with E-state index in [2.05, 4.69) is 12.2 Å². The first-order chi connectivity index (χ1) is 9.41. The quantitative estimate of drug-likeness (QED) is 0.868. The Kier molecular flexibility index (Phi) is 4.12. The van der Waals surface area contributed by atoms with Crippen LogP contribution in [-0.4, -0.2) is 23.5 Å². The van der Waals surface area contributed by atoms with E-state index in [9.17, 15) is 14.7 Å². The zero-order valence-corrected chi connectivity index (χ0v) is 12.2. The molecule has 20 heavy (non-hydrogen) atoms. The summed E-state index contributed by atoms with van der Waals surface area (Å²) in [5, 5.41) is 12.2. The number of aromatic carboxylic acids is 1. The molecule has 0 saturated heterocycles. The highest BCUT2D eigenvalue weighted by atomic mass is 16.4. The summed E-state index contributed by atoms with van der Waals surface area (Å²) in [6.07, 6.45) is 2.47. The van der Waals surface area contributed by atoms with Crippen LogP contribution < -0.4 is 5.32 Å². The first-order valence-corrected chi connectivity index (χ1v) is 7.03. The molecular formula is C16H21NO3. The number of rotatable bonds is 5. The van der Waals surface area contributed by atoms with Crippen molar-refractivity contribution in [3.05, 3.63) is 34.4 Å². The number of carboxylic acids is 1. The van der Waals surface area contributed by atoms with Gasteiger partial charge in [0.1, 0.15) is 0 Å². The van der Waals surface area contributed by atoms with E-state index in [-0.39, 0.29) is 11.5 Å². The number of hydrogen-bond donors (Lipinski definition) is 2. The van der Waals surface area contributed by atoms with Crippen molar-refractivity contribution in [3.8, 4) is 0 Å². The van der Waals surface area contributed by atoms with E-state index in [1.54, 1.807) is 26.0 Å². The van der Waals surface area contributed by atoms with Crippen LogP contribution >= 0.6 is 0 Å². The molecule has 0 aromatic heterocycles. The van der Waals surface area contributed by atoms with Gasteiger partial charge < -0.3 is 10.4 Å². The van der Waals surface area contributed by atoms with Crippen LogP contribution in [0.5, 0.6) is 0 Å². The van der Waals surface area contributed by atoms with Crippen molar-refractivity contribution in [2.24, 2.45) is 11.8 Å². The van der Waals surface area contributed by atoms with Crippen LogP contribution in [0.4, 0.5) is 0 Å².